The highest BCUT2D eigenvalue weighted by atomic mass is 16.6. The fourth-order valence-electron chi connectivity index (χ4n) is 1.61. The van der Waals surface area contributed by atoms with Crippen molar-refractivity contribution >= 4 is 23.0 Å². The number of nitrogens with one attached hydrogen (secondary N) is 2. The minimum atomic E-state index is -0.444. The highest BCUT2D eigenvalue weighted by Crippen LogP contribution is 2.32. The average Bonchev–Trinajstić information content (AvgIpc) is 2.41. The van der Waals surface area contributed by atoms with Crippen molar-refractivity contribution in [3.63, 3.8) is 0 Å². The molecule has 2 N–H and O–H groups in total. The van der Waals surface area contributed by atoms with Crippen LogP contribution in [0.5, 0.6) is 0 Å². The van der Waals surface area contributed by atoms with Crippen LogP contribution >= 0.6 is 0 Å². The lowest BCUT2D eigenvalue weighted by Crippen LogP contribution is -2.28. The van der Waals surface area contributed by atoms with Crippen LogP contribution < -0.4 is 10.6 Å². The molecule has 0 aliphatic heterocycles. The Labute approximate surface area is 118 Å². The van der Waals surface area contributed by atoms with E-state index in [2.05, 4.69) is 10.6 Å². The monoisotopic (exact) mass is 280 g/mol. The number of likely N-dealkylation sites (N-methyl/N-ethyl adjacent to an activating group) is 1. The molecule has 0 radical (unpaired) electrons. The first-order valence-electron chi connectivity index (χ1n) is 6.42. The van der Waals surface area contributed by atoms with Crippen molar-refractivity contribution in [2.24, 2.45) is 0 Å². The molecule has 20 heavy (non-hydrogen) atoms. The lowest BCUT2D eigenvalue weighted by atomic mass is 10.2. The number of nitro groups is 1. The second kappa shape index (κ2) is 7.32. The number of nitro benzene ring substituents is 1. The minimum Gasteiger partial charge on any atom is -0.379 e. The summed E-state index contributed by atoms with van der Waals surface area (Å²) in [4.78, 5) is 23.7. The van der Waals surface area contributed by atoms with Gasteiger partial charge in [-0.15, -0.1) is 0 Å². The Morgan fingerprint density at radius 3 is 2.40 bits per heavy atom. The summed E-state index contributed by atoms with van der Waals surface area (Å²) in [5.41, 5.74) is 0.762. The summed E-state index contributed by atoms with van der Waals surface area (Å²) in [7, 11) is 3.27. The van der Waals surface area contributed by atoms with Gasteiger partial charge in [-0.3, -0.25) is 14.9 Å². The predicted molar refractivity (Wildman–Crippen MR) is 79.1 cm³/mol. The zero-order valence-electron chi connectivity index (χ0n) is 12.0. The van der Waals surface area contributed by atoms with Gasteiger partial charge >= 0.3 is 5.69 Å². The summed E-state index contributed by atoms with van der Waals surface area (Å²) in [6.07, 6.45) is 0.869. The zero-order chi connectivity index (χ0) is 15.1. The Hall–Kier alpha value is -2.31. The maximum Gasteiger partial charge on any atom is 0.315 e. The van der Waals surface area contributed by atoms with Gasteiger partial charge in [0.2, 0.25) is 5.91 Å². The molecule has 7 heteroatoms. The summed E-state index contributed by atoms with van der Waals surface area (Å²) in [6, 6.07) is 4.97. The molecule has 0 heterocycles. The standard InChI is InChI=1S/C13H20N4O3/c1-4-8-14-10-6-5-7-11(13(10)17(19)20)15-9-12(18)16(2)3/h5-7,14-15H,4,8-9H2,1-3H3. The van der Waals surface area contributed by atoms with Crippen molar-refractivity contribution in [2.75, 3.05) is 37.8 Å². The molecule has 0 atom stereocenters. The fraction of sp³-hybridized carbons (Fsp3) is 0.462. The second-order valence-electron chi connectivity index (χ2n) is 4.53. The first-order valence-corrected chi connectivity index (χ1v) is 6.42. The van der Waals surface area contributed by atoms with Crippen molar-refractivity contribution < 1.29 is 9.72 Å². The second-order valence-corrected chi connectivity index (χ2v) is 4.53. The Balaban J connectivity index is 2.94. The molecule has 0 aliphatic rings. The van der Waals surface area contributed by atoms with Crippen LogP contribution in [0, 0.1) is 10.1 Å². The summed E-state index contributed by atoms with van der Waals surface area (Å²) < 4.78 is 0. The number of rotatable bonds is 7. The van der Waals surface area contributed by atoms with Crippen LogP contribution in [0.4, 0.5) is 17.1 Å². The van der Waals surface area contributed by atoms with Crippen molar-refractivity contribution in [2.45, 2.75) is 13.3 Å². The van der Waals surface area contributed by atoms with Crippen molar-refractivity contribution in [3.8, 4) is 0 Å². The maximum absolute atomic E-state index is 11.5. The smallest absolute Gasteiger partial charge is 0.315 e. The van der Waals surface area contributed by atoms with E-state index < -0.39 is 4.92 Å². The third-order valence-electron chi connectivity index (χ3n) is 2.71. The van der Waals surface area contributed by atoms with Gasteiger partial charge in [0.25, 0.3) is 0 Å². The molecule has 0 saturated heterocycles. The molecule has 1 rings (SSSR count). The van der Waals surface area contributed by atoms with Crippen LogP contribution in [-0.2, 0) is 4.79 Å². The molecule has 1 aromatic carbocycles. The van der Waals surface area contributed by atoms with E-state index in [-0.39, 0.29) is 18.1 Å². The molecule has 0 aliphatic carbocycles. The van der Waals surface area contributed by atoms with E-state index in [0.29, 0.717) is 17.9 Å². The Morgan fingerprint density at radius 2 is 1.90 bits per heavy atom. The molecule has 1 amide bonds. The highest BCUT2D eigenvalue weighted by Gasteiger charge is 2.19. The van der Waals surface area contributed by atoms with E-state index in [0.717, 1.165) is 6.42 Å². The van der Waals surface area contributed by atoms with Gasteiger partial charge in [0.15, 0.2) is 0 Å². The Kier molecular flexibility index (Phi) is 5.76. The lowest BCUT2D eigenvalue weighted by molar-refractivity contribution is -0.383. The lowest BCUT2D eigenvalue weighted by Gasteiger charge is -2.13. The Morgan fingerprint density at radius 1 is 1.30 bits per heavy atom. The molecule has 0 fully saturated rings. The number of carbonyl (C=O) groups excluding carboxylic acids is 1. The molecule has 110 valence electrons. The van der Waals surface area contributed by atoms with Crippen LogP contribution in [0.3, 0.4) is 0 Å². The van der Waals surface area contributed by atoms with Crippen LogP contribution in [0.15, 0.2) is 18.2 Å². The molecule has 0 saturated carbocycles. The molecule has 0 aromatic heterocycles. The topological polar surface area (TPSA) is 87.5 Å². The number of nitrogens with zero attached hydrogens (tertiary/aromatic N) is 2. The predicted octanol–water partition coefficient (Wildman–Crippen LogP) is 1.92. The first-order chi connectivity index (χ1) is 9.47. The van der Waals surface area contributed by atoms with E-state index in [9.17, 15) is 14.9 Å². The maximum atomic E-state index is 11.5. The first kappa shape index (κ1) is 15.7. The number of benzene rings is 1. The quantitative estimate of drug-likeness (QED) is 0.588. The molecule has 0 unspecified atom stereocenters. The van der Waals surface area contributed by atoms with Crippen LogP contribution in [0.25, 0.3) is 0 Å². The number of carbonyl (C=O) groups is 1. The van der Waals surface area contributed by atoms with Gasteiger partial charge in [-0.05, 0) is 18.6 Å². The number of anilines is 2. The number of para-hydroxylation sites is 1. The number of amides is 1. The Bertz CT molecular complexity index is 489. The summed E-state index contributed by atoms with van der Waals surface area (Å²) in [5, 5.41) is 17.1. The molecule has 0 spiro atoms. The molecule has 0 bridgehead atoms. The van der Waals surface area contributed by atoms with Crippen LogP contribution in [-0.4, -0.2) is 42.9 Å². The zero-order valence-corrected chi connectivity index (χ0v) is 12.0. The van der Waals surface area contributed by atoms with Gasteiger partial charge in [0, 0.05) is 20.6 Å². The highest BCUT2D eigenvalue weighted by molar-refractivity contribution is 5.83. The summed E-state index contributed by atoms with van der Waals surface area (Å²) >= 11 is 0. The van der Waals surface area contributed by atoms with E-state index in [1.54, 1.807) is 32.3 Å². The van der Waals surface area contributed by atoms with E-state index >= 15 is 0 Å². The van der Waals surface area contributed by atoms with Crippen LogP contribution in [0.2, 0.25) is 0 Å². The van der Waals surface area contributed by atoms with Gasteiger partial charge in [-0.25, -0.2) is 0 Å². The van der Waals surface area contributed by atoms with Crippen molar-refractivity contribution in [1.29, 1.82) is 0 Å². The summed E-state index contributed by atoms with van der Waals surface area (Å²) in [6.45, 7) is 2.66. The van der Waals surface area contributed by atoms with Gasteiger partial charge in [-0.1, -0.05) is 13.0 Å². The summed E-state index contributed by atoms with van der Waals surface area (Å²) in [5.74, 6) is -0.147. The molecular weight excluding hydrogens is 260 g/mol. The van der Waals surface area contributed by atoms with Gasteiger partial charge in [-0.2, -0.15) is 0 Å². The van der Waals surface area contributed by atoms with Gasteiger partial charge in [0.1, 0.15) is 11.4 Å². The van der Waals surface area contributed by atoms with E-state index in [1.807, 2.05) is 6.92 Å². The largest absolute Gasteiger partial charge is 0.379 e. The van der Waals surface area contributed by atoms with Crippen molar-refractivity contribution in [3.05, 3.63) is 28.3 Å². The fourth-order valence-corrected chi connectivity index (χ4v) is 1.61. The van der Waals surface area contributed by atoms with E-state index in [4.69, 9.17) is 0 Å². The minimum absolute atomic E-state index is 0.0189. The van der Waals surface area contributed by atoms with Crippen LogP contribution in [0.1, 0.15) is 13.3 Å². The van der Waals surface area contributed by atoms with E-state index in [1.165, 1.54) is 4.90 Å². The molecule has 1 aromatic rings. The third kappa shape index (κ3) is 4.11. The van der Waals surface area contributed by atoms with Crippen molar-refractivity contribution in [1.82, 2.24) is 4.90 Å². The normalized spacial score (nSPS) is 9.95. The molecule has 7 nitrogen and oxygen atoms in total. The SMILES string of the molecule is CCCNc1cccc(NCC(=O)N(C)C)c1[N+](=O)[O-]. The number of hydrogen-bond acceptors (Lipinski definition) is 5. The molecular formula is C13H20N4O3. The third-order valence-corrected chi connectivity index (χ3v) is 2.71. The average molecular weight is 280 g/mol. The van der Waals surface area contributed by atoms with Gasteiger partial charge < -0.3 is 15.5 Å². The number of hydrogen-bond donors (Lipinski definition) is 2. The van der Waals surface area contributed by atoms with Gasteiger partial charge in [0.05, 0.1) is 11.5 Å².